The highest BCUT2D eigenvalue weighted by Gasteiger charge is 2.30. The van der Waals surface area contributed by atoms with Crippen molar-refractivity contribution in [2.75, 3.05) is 0 Å². The second-order valence-corrected chi connectivity index (χ2v) is 11.1. The monoisotopic (exact) mass is 658 g/mol. The third kappa shape index (κ3) is 7.98. The fourth-order valence-electron chi connectivity index (χ4n) is 4.04. The minimum absolute atomic E-state index is 0.128. The van der Waals surface area contributed by atoms with Gasteiger partial charge in [0.15, 0.2) is 28.9 Å². The summed E-state index contributed by atoms with van der Waals surface area (Å²) in [6.45, 7) is 0. The first-order valence-electron chi connectivity index (χ1n) is 13.7. The summed E-state index contributed by atoms with van der Waals surface area (Å²) in [6, 6.07) is 26.6. The van der Waals surface area contributed by atoms with E-state index in [1.807, 2.05) is 24.3 Å². The largest absolute Gasteiger partial charge is 0.532 e. The molecule has 2 aromatic carbocycles. The van der Waals surface area contributed by atoms with Crippen molar-refractivity contribution in [1.82, 2.24) is 15.0 Å². The van der Waals surface area contributed by atoms with Gasteiger partial charge in [-0.25, -0.2) is 19.3 Å². The van der Waals surface area contributed by atoms with Gasteiger partial charge in [-0.1, -0.05) is 42.5 Å². The zero-order valence-electron chi connectivity index (χ0n) is 23.9. The summed E-state index contributed by atoms with van der Waals surface area (Å²) < 4.78 is 55.0. The Balaban J connectivity index is 1.27. The van der Waals surface area contributed by atoms with Gasteiger partial charge in [0.2, 0.25) is 17.6 Å². The molecule has 0 aliphatic carbocycles. The zero-order valence-corrected chi connectivity index (χ0v) is 25.7. The molecule has 0 saturated heterocycles. The normalized spacial score (nSPS) is 12.8. The van der Waals surface area contributed by atoms with Gasteiger partial charge < -0.3 is 37.6 Å². The van der Waals surface area contributed by atoms with Crippen molar-refractivity contribution in [2.45, 2.75) is 6.42 Å². The Morgan fingerprint density at radius 2 is 1.15 bits per heavy atom. The van der Waals surface area contributed by atoms with Crippen LogP contribution in [0.1, 0.15) is 11.1 Å². The van der Waals surface area contributed by atoms with Crippen LogP contribution in [0.25, 0.3) is 0 Å². The van der Waals surface area contributed by atoms with E-state index in [-0.39, 0.29) is 11.8 Å². The van der Waals surface area contributed by atoms with Crippen molar-refractivity contribution < 1.29 is 36.3 Å². The number of benzene rings is 2. The number of pyridine rings is 3. The van der Waals surface area contributed by atoms with Crippen LogP contribution in [0.4, 0.5) is 4.39 Å². The van der Waals surface area contributed by atoms with Crippen LogP contribution in [0.15, 0.2) is 134 Å². The summed E-state index contributed by atoms with van der Waals surface area (Å²) in [5.41, 5.74) is 7.63. The molecule has 0 bridgehead atoms. The summed E-state index contributed by atoms with van der Waals surface area (Å²) in [4.78, 5) is 12.6. The summed E-state index contributed by atoms with van der Waals surface area (Å²) in [5, 5.41) is 0. The Kier molecular flexibility index (Phi) is 9.99. The number of ether oxygens (including phenoxy) is 1. The second kappa shape index (κ2) is 15.0. The minimum atomic E-state index is -2.20. The Morgan fingerprint density at radius 3 is 1.63 bits per heavy atom. The van der Waals surface area contributed by atoms with Gasteiger partial charge in [0.25, 0.3) is 0 Å². The lowest BCUT2D eigenvalue weighted by atomic mass is 10.00. The molecular formula is C32H25FN4O7P2. The van der Waals surface area contributed by atoms with Gasteiger partial charge in [-0.2, -0.15) is 0 Å². The molecule has 0 spiro atoms. The highest BCUT2D eigenvalue weighted by molar-refractivity contribution is 7.43. The number of halogens is 1. The third-order valence-electron chi connectivity index (χ3n) is 5.98. The SMILES string of the molecule is N/C(=C\C=C/F)OP(Oc1ccccn1)Oc1cccc2c1Oc1c(cccc1OP(Oc1ccccn1)Oc1ccccn1)C2. The summed E-state index contributed by atoms with van der Waals surface area (Å²) in [7, 11) is -4.27. The number of rotatable bonds is 13. The smallest absolute Gasteiger partial charge is 0.449 e. The molecule has 0 saturated carbocycles. The maximum atomic E-state index is 12.6. The molecule has 0 radical (unpaired) electrons. The average Bonchev–Trinajstić information content (AvgIpc) is 3.08. The molecule has 1 unspecified atom stereocenters. The number of para-hydroxylation sites is 2. The number of hydrogen-bond donors (Lipinski definition) is 1. The van der Waals surface area contributed by atoms with E-state index < -0.39 is 17.2 Å². The molecule has 0 fully saturated rings. The third-order valence-corrected chi connectivity index (χ3v) is 8.04. The molecule has 3 aromatic heterocycles. The minimum Gasteiger partial charge on any atom is -0.449 e. The Hall–Kier alpha value is -5.44. The van der Waals surface area contributed by atoms with Gasteiger partial charge in [0.05, 0.1) is 6.33 Å². The van der Waals surface area contributed by atoms with Gasteiger partial charge in [-0.3, -0.25) is 0 Å². The van der Waals surface area contributed by atoms with E-state index in [0.717, 1.165) is 17.2 Å². The molecule has 6 rings (SSSR count). The number of allylic oxidation sites excluding steroid dienone is 2. The first kappa shape index (κ1) is 30.6. The molecule has 5 aromatic rings. The van der Waals surface area contributed by atoms with Crippen molar-refractivity contribution in [3.05, 3.63) is 145 Å². The van der Waals surface area contributed by atoms with E-state index in [9.17, 15) is 4.39 Å². The number of nitrogens with zero attached hydrogens (tertiary/aromatic N) is 3. The quantitative estimate of drug-likeness (QED) is 0.0731. The number of hydrogen-bond acceptors (Lipinski definition) is 11. The highest BCUT2D eigenvalue weighted by Crippen LogP contribution is 2.53. The van der Waals surface area contributed by atoms with Crippen LogP contribution < -0.4 is 33.1 Å². The van der Waals surface area contributed by atoms with Gasteiger partial charge in [0, 0.05) is 60.4 Å². The predicted octanol–water partition coefficient (Wildman–Crippen LogP) is 8.32. The molecule has 1 aliphatic heterocycles. The molecule has 232 valence electrons. The van der Waals surface area contributed by atoms with Crippen LogP contribution >= 0.6 is 17.2 Å². The standard InChI is InChI=1S/C32H25FN4O7P2/c33-18-9-14-27(34)41-45(42-28-15-1-4-19-35-28)39-25-12-7-10-23-22-24-11-8-13-26(32(24)38-31(23)25)40-46(43-29-16-2-5-20-36-29)44-30-17-3-6-21-37-30/h1-21H,22,34H2/b18-9-,27-14+. The van der Waals surface area contributed by atoms with Gasteiger partial charge in [0.1, 0.15) is 0 Å². The number of nitrogens with two attached hydrogens (primary N) is 1. The number of aromatic nitrogens is 3. The maximum Gasteiger partial charge on any atom is 0.532 e. The predicted molar refractivity (Wildman–Crippen MR) is 169 cm³/mol. The molecular weight excluding hydrogens is 633 g/mol. The van der Waals surface area contributed by atoms with E-state index in [1.54, 1.807) is 85.3 Å². The molecule has 46 heavy (non-hydrogen) atoms. The van der Waals surface area contributed by atoms with E-state index in [1.165, 1.54) is 6.08 Å². The van der Waals surface area contributed by atoms with Crippen LogP contribution in [0, 0.1) is 0 Å². The Bertz CT molecular complexity index is 1760. The van der Waals surface area contributed by atoms with Crippen LogP contribution in [0.5, 0.6) is 40.6 Å². The van der Waals surface area contributed by atoms with Gasteiger partial charge >= 0.3 is 17.2 Å². The average molecular weight is 659 g/mol. The van der Waals surface area contributed by atoms with E-state index >= 15 is 0 Å². The first-order chi connectivity index (χ1) is 22.6. The summed E-state index contributed by atoms with van der Waals surface area (Å²) in [5.74, 6) is 2.27. The van der Waals surface area contributed by atoms with Gasteiger partial charge in [-0.05, 0) is 36.4 Å². The lowest BCUT2D eigenvalue weighted by Gasteiger charge is -2.26. The van der Waals surface area contributed by atoms with Crippen LogP contribution in [-0.2, 0) is 10.9 Å². The fraction of sp³-hybridized carbons (Fsp3) is 0.0312. The van der Waals surface area contributed by atoms with Crippen molar-refractivity contribution in [3.63, 3.8) is 0 Å². The van der Waals surface area contributed by atoms with E-state index in [4.69, 9.17) is 37.6 Å². The molecule has 2 N–H and O–H groups in total. The lowest BCUT2D eigenvalue weighted by Crippen LogP contribution is -2.09. The fourth-order valence-corrected chi connectivity index (χ4v) is 5.88. The molecule has 11 nitrogen and oxygen atoms in total. The van der Waals surface area contributed by atoms with E-state index in [2.05, 4.69) is 15.0 Å². The second-order valence-electron chi connectivity index (χ2n) is 9.15. The van der Waals surface area contributed by atoms with Crippen molar-refractivity contribution in [3.8, 4) is 40.6 Å². The number of fused-ring (bicyclic) bond motifs is 2. The summed E-state index contributed by atoms with van der Waals surface area (Å²) >= 11 is 0. The Labute approximate surface area is 266 Å². The Morgan fingerprint density at radius 1 is 0.652 bits per heavy atom. The van der Waals surface area contributed by atoms with Crippen molar-refractivity contribution in [1.29, 1.82) is 0 Å². The molecule has 1 aliphatic rings. The maximum absolute atomic E-state index is 12.6. The van der Waals surface area contributed by atoms with E-state index in [0.29, 0.717) is 47.5 Å². The lowest BCUT2D eigenvalue weighted by molar-refractivity contribution is 0.317. The van der Waals surface area contributed by atoms with Crippen LogP contribution in [-0.4, -0.2) is 15.0 Å². The first-order valence-corrected chi connectivity index (χ1v) is 15.9. The zero-order chi connectivity index (χ0) is 31.6. The topological polar surface area (TPSA) is 129 Å². The van der Waals surface area contributed by atoms with Gasteiger partial charge in [-0.15, -0.1) is 0 Å². The summed E-state index contributed by atoms with van der Waals surface area (Å²) in [6.07, 6.45) is 7.91. The van der Waals surface area contributed by atoms with Crippen molar-refractivity contribution in [2.24, 2.45) is 5.73 Å². The molecule has 14 heteroatoms. The van der Waals surface area contributed by atoms with Crippen molar-refractivity contribution >= 4 is 17.2 Å². The molecule has 4 heterocycles. The van der Waals surface area contributed by atoms with Crippen LogP contribution in [0.2, 0.25) is 0 Å². The highest BCUT2D eigenvalue weighted by atomic mass is 31.2. The molecule has 1 atom stereocenters. The van der Waals surface area contributed by atoms with Crippen LogP contribution in [0.3, 0.4) is 0 Å². The molecule has 0 amide bonds.